The van der Waals surface area contributed by atoms with Crippen LogP contribution in [0.4, 0.5) is 4.39 Å². The maximum Gasteiger partial charge on any atom is 0.258 e. The highest BCUT2D eigenvalue weighted by Gasteiger charge is 2.25. The molecule has 7 nitrogen and oxygen atoms in total. The van der Waals surface area contributed by atoms with E-state index in [0.29, 0.717) is 48.0 Å². The molecule has 3 aromatic rings. The van der Waals surface area contributed by atoms with Crippen molar-refractivity contribution >= 4 is 5.91 Å². The van der Waals surface area contributed by atoms with Crippen LogP contribution >= 0.6 is 0 Å². The Hall–Kier alpha value is -3.10. The van der Waals surface area contributed by atoms with Crippen molar-refractivity contribution in [3.05, 3.63) is 59.9 Å². The predicted molar refractivity (Wildman–Crippen MR) is 99.8 cm³/mol. The highest BCUT2D eigenvalue weighted by molar-refractivity contribution is 5.94. The van der Waals surface area contributed by atoms with E-state index in [2.05, 4.69) is 20.8 Å². The third kappa shape index (κ3) is 3.92. The van der Waals surface area contributed by atoms with Crippen molar-refractivity contribution in [1.29, 1.82) is 0 Å². The fourth-order valence-corrected chi connectivity index (χ4v) is 3.07. The molecule has 1 saturated heterocycles. The molecular formula is C20H19FN4O3. The van der Waals surface area contributed by atoms with Gasteiger partial charge < -0.3 is 20.3 Å². The first-order valence-electron chi connectivity index (χ1n) is 8.97. The van der Waals surface area contributed by atoms with Gasteiger partial charge in [0, 0.05) is 42.2 Å². The van der Waals surface area contributed by atoms with Crippen molar-refractivity contribution < 1.29 is 18.8 Å². The molecule has 8 heteroatoms. The number of nitrogens with zero attached hydrogens (tertiary/aromatic N) is 2. The van der Waals surface area contributed by atoms with Gasteiger partial charge in [0.15, 0.2) is 0 Å². The van der Waals surface area contributed by atoms with Crippen molar-refractivity contribution in [2.24, 2.45) is 5.92 Å². The topological polar surface area (TPSA) is 100 Å². The molecule has 0 spiro atoms. The maximum atomic E-state index is 13.0. The minimum Gasteiger partial charge on any atom is -0.391 e. The lowest BCUT2D eigenvalue weighted by atomic mass is 10.1. The van der Waals surface area contributed by atoms with Crippen LogP contribution in [0.15, 0.2) is 53.1 Å². The molecule has 4 rings (SSSR count). The minimum absolute atomic E-state index is 0.0208. The second-order valence-corrected chi connectivity index (χ2v) is 6.70. The Morgan fingerprint density at radius 2 is 1.86 bits per heavy atom. The van der Waals surface area contributed by atoms with Gasteiger partial charge in [-0.3, -0.25) is 4.79 Å². The van der Waals surface area contributed by atoms with Crippen LogP contribution in [0.5, 0.6) is 0 Å². The lowest BCUT2D eigenvalue weighted by Crippen LogP contribution is -2.34. The van der Waals surface area contributed by atoms with Crippen LogP contribution in [-0.4, -0.2) is 46.9 Å². The van der Waals surface area contributed by atoms with Crippen molar-refractivity contribution in [3.8, 4) is 22.8 Å². The molecule has 1 aliphatic heterocycles. The SMILES string of the molecule is O=C(NCC1CNCC1O)c1ccc(-c2noc(-c3ccc(F)cc3)n2)cc1. The lowest BCUT2D eigenvalue weighted by Gasteiger charge is -2.14. The number of amides is 1. The Kier molecular flexibility index (Phi) is 5.14. The molecule has 1 aromatic heterocycles. The Bertz CT molecular complexity index is 956. The summed E-state index contributed by atoms with van der Waals surface area (Å²) in [5.41, 5.74) is 1.83. The molecule has 2 atom stereocenters. The molecule has 1 fully saturated rings. The lowest BCUT2D eigenvalue weighted by molar-refractivity contribution is 0.0927. The molecule has 2 unspecified atom stereocenters. The van der Waals surface area contributed by atoms with Crippen LogP contribution in [-0.2, 0) is 0 Å². The average Bonchev–Trinajstić information content (AvgIpc) is 3.36. The van der Waals surface area contributed by atoms with Gasteiger partial charge in [-0.1, -0.05) is 17.3 Å². The van der Waals surface area contributed by atoms with Gasteiger partial charge in [-0.25, -0.2) is 4.39 Å². The number of aliphatic hydroxyl groups is 1. The first-order valence-corrected chi connectivity index (χ1v) is 8.97. The van der Waals surface area contributed by atoms with E-state index in [1.54, 1.807) is 36.4 Å². The summed E-state index contributed by atoms with van der Waals surface area (Å²) in [6.07, 6.45) is -0.434. The number of aliphatic hydroxyl groups excluding tert-OH is 1. The van der Waals surface area contributed by atoms with Gasteiger partial charge in [-0.15, -0.1) is 0 Å². The molecule has 2 aromatic carbocycles. The first-order chi connectivity index (χ1) is 13.6. The number of carbonyl (C=O) groups is 1. The molecule has 0 bridgehead atoms. The summed E-state index contributed by atoms with van der Waals surface area (Å²) < 4.78 is 18.3. The molecule has 1 aliphatic rings. The van der Waals surface area contributed by atoms with E-state index in [1.807, 2.05) is 0 Å². The predicted octanol–water partition coefficient (Wildman–Crippen LogP) is 1.85. The zero-order valence-electron chi connectivity index (χ0n) is 14.9. The summed E-state index contributed by atoms with van der Waals surface area (Å²) in [6.45, 7) is 1.66. The second-order valence-electron chi connectivity index (χ2n) is 6.70. The van der Waals surface area contributed by atoms with Crippen LogP contribution in [0.2, 0.25) is 0 Å². The van der Waals surface area contributed by atoms with Crippen molar-refractivity contribution in [2.45, 2.75) is 6.10 Å². The Labute approximate surface area is 160 Å². The molecule has 2 heterocycles. The van der Waals surface area contributed by atoms with E-state index in [-0.39, 0.29) is 17.6 Å². The fraction of sp³-hybridized carbons (Fsp3) is 0.250. The molecular weight excluding hydrogens is 363 g/mol. The Balaban J connectivity index is 1.41. The molecule has 0 saturated carbocycles. The largest absolute Gasteiger partial charge is 0.391 e. The Morgan fingerprint density at radius 3 is 2.54 bits per heavy atom. The summed E-state index contributed by atoms with van der Waals surface area (Å²) in [4.78, 5) is 16.6. The van der Waals surface area contributed by atoms with Gasteiger partial charge in [0.25, 0.3) is 11.8 Å². The van der Waals surface area contributed by atoms with Gasteiger partial charge in [0.05, 0.1) is 6.10 Å². The zero-order chi connectivity index (χ0) is 19.5. The van der Waals surface area contributed by atoms with Gasteiger partial charge in [-0.2, -0.15) is 4.98 Å². The number of rotatable bonds is 5. The van der Waals surface area contributed by atoms with Crippen LogP contribution < -0.4 is 10.6 Å². The zero-order valence-corrected chi connectivity index (χ0v) is 14.9. The van der Waals surface area contributed by atoms with Gasteiger partial charge in [-0.05, 0) is 36.4 Å². The van der Waals surface area contributed by atoms with E-state index in [1.165, 1.54) is 12.1 Å². The fourth-order valence-electron chi connectivity index (χ4n) is 3.07. The second kappa shape index (κ2) is 7.87. The summed E-state index contributed by atoms with van der Waals surface area (Å²) in [5, 5.41) is 19.6. The van der Waals surface area contributed by atoms with Crippen molar-refractivity contribution in [3.63, 3.8) is 0 Å². The Morgan fingerprint density at radius 1 is 1.14 bits per heavy atom. The van der Waals surface area contributed by atoms with Crippen LogP contribution in [0.1, 0.15) is 10.4 Å². The molecule has 0 aliphatic carbocycles. The molecule has 3 N–H and O–H groups in total. The van der Waals surface area contributed by atoms with Gasteiger partial charge in [0.2, 0.25) is 5.82 Å². The van der Waals surface area contributed by atoms with Crippen molar-refractivity contribution in [2.75, 3.05) is 19.6 Å². The quantitative estimate of drug-likeness (QED) is 0.623. The van der Waals surface area contributed by atoms with Crippen LogP contribution in [0.25, 0.3) is 22.8 Å². The number of hydrogen-bond donors (Lipinski definition) is 3. The van der Waals surface area contributed by atoms with E-state index < -0.39 is 6.10 Å². The standard InChI is InChI=1S/C20H19FN4O3/c21-16-7-5-14(6-8-16)20-24-18(25-28-20)12-1-3-13(4-2-12)19(27)23-10-15-9-22-11-17(15)26/h1-8,15,17,22,26H,9-11H2,(H,23,27). The van der Waals surface area contributed by atoms with Crippen molar-refractivity contribution in [1.82, 2.24) is 20.8 Å². The normalized spacial score (nSPS) is 18.9. The number of nitrogens with one attached hydrogen (secondary N) is 2. The molecule has 0 radical (unpaired) electrons. The molecule has 144 valence electrons. The first kappa shape index (κ1) is 18.3. The van der Waals surface area contributed by atoms with E-state index in [4.69, 9.17) is 4.52 Å². The number of benzene rings is 2. The third-order valence-corrected chi connectivity index (χ3v) is 4.75. The molecule has 28 heavy (non-hydrogen) atoms. The smallest absolute Gasteiger partial charge is 0.258 e. The molecule has 1 amide bonds. The minimum atomic E-state index is -0.434. The summed E-state index contributed by atoms with van der Waals surface area (Å²) in [6, 6.07) is 12.6. The third-order valence-electron chi connectivity index (χ3n) is 4.75. The number of hydrogen-bond acceptors (Lipinski definition) is 6. The van der Waals surface area contributed by atoms with Gasteiger partial charge >= 0.3 is 0 Å². The summed E-state index contributed by atoms with van der Waals surface area (Å²) >= 11 is 0. The summed E-state index contributed by atoms with van der Waals surface area (Å²) in [5.74, 6) is 0.154. The summed E-state index contributed by atoms with van der Waals surface area (Å²) in [7, 11) is 0. The average molecular weight is 382 g/mol. The number of halogens is 1. The van der Waals surface area contributed by atoms with Crippen LogP contribution in [0, 0.1) is 11.7 Å². The number of β-amino-alcohol motifs (C(OH)–C–C–N with tert-alkyl or cyclic N) is 1. The highest BCUT2D eigenvalue weighted by atomic mass is 19.1. The highest BCUT2D eigenvalue weighted by Crippen LogP contribution is 2.22. The van der Waals surface area contributed by atoms with Crippen LogP contribution in [0.3, 0.4) is 0 Å². The maximum absolute atomic E-state index is 13.0. The van der Waals surface area contributed by atoms with E-state index in [0.717, 1.165) is 0 Å². The number of carbonyl (C=O) groups excluding carboxylic acids is 1. The van der Waals surface area contributed by atoms with Gasteiger partial charge in [0.1, 0.15) is 5.82 Å². The monoisotopic (exact) mass is 382 g/mol. The van der Waals surface area contributed by atoms with E-state index in [9.17, 15) is 14.3 Å². The number of aromatic nitrogens is 2. The van der Waals surface area contributed by atoms with E-state index >= 15 is 0 Å².